The molecule has 19 heavy (non-hydrogen) atoms. The lowest BCUT2D eigenvalue weighted by molar-refractivity contribution is 0.747. The van der Waals surface area contributed by atoms with E-state index in [1.54, 1.807) is 0 Å². The van der Waals surface area contributed by atoms with Crippen molar-refractivity contribution in [2.75, 3.05) is 6.54 Å². The first-order chi connectivity index (χ1) is 9.38. The van der Waals surface area contributed by atoms with Gasteiger partial charge in [0.05, 0.1) is 0 Å². The van der Waals surface area contributed by atoms with Crippen molar-refractivity contribution < 1.29 is 0 Å². The molecule has 96 valence electrons. The van der Waals surface area contributed by atoms with Crippen LogP contribution >= 0.6 is 0 Å². The Morgan fingerprint density at radius 3 is 2.26 bits per heavy atom. The number of hydrogen-bond acceptors (Lipinski definition) is 1. The lowest BCUT2D eigenvalue weighted by Gasteiger charge is -2.08. The van der Waals surface area contributed by atoms with Crippen LogP contribution in [0.1, 0.15) is 18.4 Å². The molecule has 3 aromatic rings. The summed E-state index contributed by atoms with van der Waals surface area (Å²) < 4.78 is 0. The molecule has 0 aliphatic heterocycles. The molecular weight excluding hydrogens is 230 g/mol. The summed E-state index contributed by atoms with van der Waals surface area (Å²) in [5.74, 6) is 0. The van der Waals surface area contributed by atoms with Crippen molar-refractivity contribution in [2.45, 2.75) is 19.3 Å². The van der Waals surface area contributed by atoms with E-state index in [1.807, 2.05) is 0 Å². The first kappa shape index (κ1) is 12.2. The molecule has 0 radical (unpaired) electrons. The third kappa shape index (κ3) is 2.47. The van der Waals surface area contributed by atoms with Gasteiger partial charge in [-0.25, -0.2) is 0 Å². The molecule has 0 aliphatic carbocycles. The molecule has 0 heterocycles. The molecule has 0 bridgehead atoms. The lowest BCUT2D eigenvalue weighted by atomic mass is 9.97. The Morgan fingerprint density at radius 2 is 1.47 bits per heavy atom. The Hall–Kier alpha value is -1.86. The van der Waals surface area contributed by atoms with Gasteiger partial charge in [0.25, 0.3) is 0 Å². The predicted molar refractivity (Wildman–Crippen MR) is 83.4 cm³/mol. The van der Waals surface area contributed by atoms with Crippen LogP contribution in [0.2, 0.25) is 0 Å². The molecule has 3 aromatic carbocycles. The Kier molecular flexibility index (Phi) is 3.47. The summed E-state index contributed by atoms with van der Waals surface area (Å²) in [4.78, 5) is 0. The van der Waals surface area contributed by atoms with Crippen LogP contribution in [0.15, 0.2) is 54.6 Å². The third-order valence-electron chi connectivity index (χ3n) is 3.74. The standard InChI is InChI=1S/C18H19N/c19-11-4-3-6-14-9-5-10-17-12-15-7-1-2-8-16(15)13-18(14)17/h1-2,5,7-10,12-13H,3-4,6,11,19H2. The highest BCUT2D eigenvalue weighted by Crippen LogP contribution is 2.26. The molecule has 1 heteroatoms. The zero-order valence-corrected chi connectivity index (χ0v) is 11.1. The second kappa shape index (κ2) is 5.41. The fourth-order valence-electron chi connectivity index (χ4n) is 2.71. The summed E-state index contributed by atoms with van der Waals surface area (Å²) >= 11 is 0. The van der Waals surface area contributed by atoms with Gasteiger partial charge in [0.1, 0.15) is 0 Å². The molecule has 0 fully saturated rings. The van der Waals surface area contributed by atoms with Crippen molar-refractivity contribution in [1.29, 1.82) is 0 Å². The van der Waals surface area contributed by atoms with Gasteiger partial charge in [-0.2, -0.15) is 0 Å². The van der Waals surface area contributed by atoms with E-state index >= 15 is 0 Å². The molecule has 0 saturated heterocycles. The second-order valence-corrected chi connectivity index (χ2v) is 5.08. The number of aryl methyl sites for hydroxylation is 1. The molecule has 0 saturated carbocycles. The quantitative estimate of drug-likeness (QED) is 0.542. The number of hydrogen-bond donors (Lipinski definition) is 1. The Bertz CT molecular complexity index is 700. The van der Waals surface area contributed by atoms with Crippen LogP contribution in [-0.4, -0.2) is 6.54 Å². The highest BCUT2D eigenvalue weighted by molar-refractivity contribution is 5.99. The van der Waals surface area contributed by atoms with Crippen molar-refractivity contribution in [3.8, 4) is 0 Å². The molecule has 0 atom stereocenters. The van der Waals surface area contributed by atoms with Gasteiger partial charge in [0, 0.05) is 0 Å². The number of benzene rings is 3. The summed E-state index contributed by atoms with van der Waals surface area (Å²) in [6.45, 7) is 0.785. The molecule has 0 aromatic heterocycles. The first-order valence-corrected chi connectivity index (χ1v) is 6.99. The Balaban J connectivity index is 2.09. The Morgan fingerprint density at radius 1 is 0.737 bits per heavy atom. The summed E-state index contributed by atoms with van der Waals surface area (Å²) in [5.41, 5.74) is 7.02. The van der Waals surface area contributed by atoms with Crippen LogP contribution in [-0.2, 0) is 6.42 Å². The van der Waals surface area contributed by atoms with Gasteiger partial charge in [-0.3, -0.25) is 0 Å². The topological polar surface area (TPSA) is 26.0 Å². The minimum atomic E-state index is 0.785. The summed E-state index contributed by atoms with van der Waals surface area (Å²) in [7, 11) is 0. The second-order valence-electron chi connectivity index (χ2n) is 5.08. The predicted octanol–water partition coefficient (Wildman–Crippen LogP) is 4.27. The van der Waals surface area contributed by atoms with Gasteiger partial charge in [-0.15, -0.1) is 0 Å². The van der Waals surface area contributed by atoms with Crippen LogP contribution in [0.4, 0.5) is 0 Å². The van der Waals surface area contributed by atoms with E-state index in [-0.39, 0.29) is 0 Å². The summed E-state index contributed by atoms with van der Waals surface area (Å²) in [5, 5.41) is 5.36. The molecule has 3 rings (SSSR count). The van der Waals surface area contributed by atoms with E-state index in [2.05, 4.69) is 54.6 Å². The van der Waals surface area contributed by atoms with Crippen molar-refractivity contribution >= 4 is 21.5 Å². The van der Waals surface area contributed by atoms with Crippen molar-refractivity contribution in [3.63, 3.8) is 0 Å². The third-order valence-corrected chi connectivity index (χ3v) is 3.74. The molecule has 2 N–H and O–H groups in total. The van der Waals surface area contributed by atoms with Crippen molar-refractivity contribution in [3.05, 3.63) is 60.2 Å². The number of rotatable bonds is 4. The normalized spacial score (nSPS) is 11.2. The van der Waals surface area contributed by atoms with Crippen LogP contribution < -0.4 is 5.73 Å². The van der Waals surface area contributed by atoms with Gasteiger partial charge < -0.3 is 5.73 Å². The zero-order chi connectivity index (χ0) is 13.1. The summed E-state index contributed by atoms with van der Waals surface area (Å²) in [6.07, 6.45) is 3.39. The first-order valence-electron chi connectivity index (χ1n) is 6.99. The van der Waals surface area contributed by atoms with Gasteiger partial charge >= 0.3 is 0 Å². The minimum Gasteiger partial charge on any atom is -0.330 e. The number of fused-ring (bicyclic) bond motifs is 2. The summed E-state index contributed by atoms with van der Waals surface area (Å²) in [6, 6.07) is 19.8. The largest absolute Gasteiger partial charge is 0.330 e. The van der Waals surface area contributed by atoms with Crippen LogP contribution in [0.25, 0.3) is 21.5 Å². The molecule has 0 unspecified atom stereocenters. The SMILES string of the molecule is NCCCCc1cccc2cc3ccccc3cc12. The van der Waals surface area contributed by atoms with E-state index < -0.39 is 0 Å². The van der Waals surface area contributed by atoms with E-state index in [1.165, 1.54) is 33.5 Å². The minimum absolute atomic E-state index is 0.785. The zero-order valence-electron chi connectivity index (χ0n) is 11.1. The van der Waals surface area contributed by atoms with E-state index in [0.29, 0.717) is 0 Å². The maximum Gasteiger partial charge on any atom is -0.00772 e. The molecule has 0 spiro atoms. The van der Waals surface area contributed by atoms with Gasteiger partial charge in [-0.05, 0) is 65.0 Å². The number of nitrogens with two attached hydrogens (primary N) is 1. The van der Waals surface area contributed by atoms with Crippen LogP contribution in [0.3, 0.4) is 0 Å². The maximum atomic E-state index is 5.58. The van der Waals surface area contributed by atoms with Crippen molar-refractivity contribution in [2.24, 2.45) is 5.73 Å². The maximum absolute atomic E-state index is 5.58. The van der Waals surface area contributed by atoms with Crippen LogP contribution in [0, 0.1) is 0 Å². The van der Waals surface area contributed by atoms with Gasteiger partial charge in [0.2, 0.25) is 0 Å². The van der Waals surface area contributed by atoms with Gasteiger partial charge in [-0.1, -0.05) is 42.5 Å². The van der Waals surface area contributed by atoms with E-state index in [4.69, 9.17) is 5.73 Å². The highest BCUT2D eigenvalue weighted by atomic mass is 14.5. The Labute approximate surface area is 114 Å². The van der Waals surface area contributed by atoms with Gasteiger partial charge in [0.15, 0.2) is 0 Å². The molecule has 1 nitrogen and oxygen atoms in total. The smallest absolute Gasteiger partial charge is 0.00772 e. The monoisotopic (exact) mass is 249 g/mol. The average Bonchev–Trinajstić information content (AvgIpc) is 2.46. The fraction of sp³-hybridized carbons (Fsp3) is 0.222. The fourth-order valence-corrected chi connectivity index (χ4v) is 2.71. The number of unbranched alkanes of at least 4 members (excludes halogenated alkanes) is 1. The molecule has 0 aliphatic rings. The van der Waals surface area contributed by atoms with E-state index in [9.17, 15) is 0 Å². The molecule has 0 amide bonds. The van der Waals surface area contributed by atoms with E-state index in [0.717, 1.165) is 19.4 Å². The van der Waals surface area contributed by atoms with Crippen LogP contribution in [0.5, 0.6) is 0 Å². The van der Waals surface area contributed by atoms with Crippen molar-refractivity contribution in [1.82, 2.24) is 0 Å². The lowest BCUT2D eigenvalue weighted by Crippen LogP contribution is -1.99. The highest BCUT2D eigenvalue weighted by Gasteiger charge is 2.02. The average molecular weight is 249 g/mol. The molecular formula is C18H19N.